The van der Waals surface area contributed by atoms with Crippen LogP contribution in [-0.4, -0.2) is 27.5 Å². The largest absolute Gasteiger partial charge is 2.00 e. The monoisotopic (exact) mass is 362 g/mol. The zero-order valence-electron chi connectivity index (χ0n) is 11.3. The molecule has 2 heterocycles. The van der Waals surface area contributed by atoms with E-state index >= 15 is 0 Å². The number of aromatic carboxylic acids is 2. The fraction of sp³-hybridized carbons (Fsp3) is 0. The van der Waals surface area contributed by atoms with Crippen molar-refractivity contribution in [3.63, 3.8) is 0 Å². The molecule has 0 saturated heterocycles. The van der Waals surface area contributed by atoms with Gasteiger partial charge in [0.25, 0.3) is 0 Å². The zero-order chi connectivity index (χ0) is 14.3. The van der Waals surface area contributed by atoms with Crippen LogP contribution in [0, 0.1) is 0 Å². The van der Waals surface area contributed by atoms with Gasteiger partial charge in [-0.05, 0) is 18.2 Å². The predicted octanol–water partition coefficient (Wildman–Crippen LogP) is -3.05. The summed E-state index contributed by atoms with van der Waals surface area (Å²) < 4.78 is 0. The van der Waals surface area contributed by atoms with E-state index < -0.39 is 23.3 Å². The predicted molar refractivity (Wildman–Crippen MR) is 62.5 cm³/mol. The van der Waals surface area contributed by atoms with Crippen molar-refractivity contribution in [2.45, 2.75) is 0 Å². The van der Waals surface area contributed by atoms with Crippen LogP contribution in [0.25, 0.3) is 0 Å². The molecule has 0 saturated carbocycles. The first-order chi connectivity index (χ1) is 9.00. The van der Waals surface area contributed by atoms with E-state index in [1.807, 2.05) is 0 Å². The summed E-state index contributed by atoms with van der Waals surface area (Å²) in [6, 6.07) is 8.68. The smallest absolute Gasteiger partial charge is 0.363 e. The molecule has 0 amide bonds. The van der Waals surface area contributed by atoms with Crippen molar-refractivity contribution in [2.24, 2.45) is 0 Å². The summed E-state index contributed by atoms with van der Waals surface area (Å²) in [7, 11) is 0. The number of nitrogens with zero attached hydrogens (tertiary/aromatic N) is 1. The number of hydrogen-bond donors (Lipinski definition) is 1. The minimum atomic E-state index is -1.52. The molecule has 0 aliphatic rings. The van der Waals surface area contributed by atoms with Crippen LogP contribution in [0.2, 0.25) is 0 Å². The Morgan fingerprint density at radius 3 is 1.70 bits per heavy atom. The number of carboxylic acids is 2. The number of aromatic amines is 1. The summed E-state index contributed by atoms with van der Waals surface area (Å²) in [5, 5.41) is 29.0. The van der Waals surface area contributed by atoms with Crippen molar-refractivity contribution in [3.8, 4) is 5.88 Å². The molecule has 4 N–H and O–H groups in total. The molecule has 2 rings (SSSR count). The summed E-state index contributed by atoms with van der Waals surface area (Å²) in [6.45, 7) is 0. The van der Waals surface area contributed by atoms with E-state index in [9.17, 15) is 19.8 Å². The molecule has 0 atom stereocenters. The Morgan fingerprint density at radius 1 is 0.957 bits per heavy atom. The molecule has 2 aromatic rings. The third-order valence-electron chi connectivity index (χ3n) is 1.86. The Morgan fingerprint density at radius 2 is 1.43 bits per heavy atom. The summed E-state index contributed by atoms with van der Waals surface area (Å²) in [6.07, 6.45) is 1.66. The molecule has 0 fully saturated rings. The SMILES string of the molecule is O.O=C([O-])c1cccc(C(=O)[O-])n1.Oc1cccc[nH+]1.[O-2].[O-2].[V]. The Bertz CT molecular complexity index is 553. The van der Waals surface area contributed by atoms with Gasteiger partial charge < -0.3 is 41.3 Å². The van der Waals surface area contributed by atoms with Gasteiger partial charge in [0.15, 0.2) is 6.20 Å². The second-order valence-electron chi connectivity index (χ2n) is 3.23. The number of H-pyrrole nitrogens is 1. The topological polar surface area (TPSA) is 216 Å². The minimum absolute atomic E-state index is 0. The first-order valence-corrected chi connectivity index (χ1v) is 5.06. The molecule has 2 aromatic heterocycles. The zero-order valence-corrected chi connectivity index (χ0v) is 12.7. The number of pyridine rings is 2. The maximum Gasteiger partial charge on any atom is 0.363 e. The van der Waals surface area contributed by atoms with Crippen LogP contribution in [0.5, 0.6) is 5.88 Å². The maximum absolute atomic E-state index is 10.2. The summed E-state index contributed by atoms with van der Waals surface area (Å²) in [4.78, 5) is 26.2. The van der Waals surface area contributed by atoms with Crippen molar-refractivity contribution >= 4 is 11.9 Å². The molecule has 127 valence electrons. The van der Waals surface area contributed by atoms with Gasteiger partial charge in [0, 0.05) is 24.6 Å². The molecule has 0 bridgehead atoms. The Kier molecular flexibility index (Phi) is 18.0. The third kappa shape index (κ3) is 10.8. The van der Waals surface area contributed by atoms with Gasteiger partial charge in [-0.1, -0.05) is 6.07 Å². The summed E-state index contributed by atoms with van der Waals surface area (Å²) >= 11 is 0. The first-order valence-electron chi connectivity index (χ1n) is 5.06. The fourth-order valence-corrected chi connectivity index (χ4v) is 1.05. The minimum Gasteiger partial charge on any atom is -2.00 e. The molecular formula is C12H11N2O8V-5. The Balaban J connectivity index is -0.000000145. The Labute approximate surface area is 142 Å². The van der Waals surface area contributed by atoms with Crippen LogP contribution < -0.4 is 15.2 Å². The number of carboxylic acid groups (broad SMARTS) is 2. The molecule has 0 spiro atoms. The number of hydrogen-bond acceptors (Lipinski definition) is 6. The molecule has 10 nitrogen and oxygen atoms in total. The van der Waals surface area contributed by atoms with Crippen LogP contribution in [0.4, 0.5) is 0 Å². The van der Waals surface area contributed by atoms with Crippen LogP contribution in [-0.2, 0) is 29.5 Å². The fourth-order valence-electron chi connectivity index (χ4n) is 1.05. The molecule has 0 aliphatic carbocycles. The van der Waals surface area contributed by atoms with Gasteiger partial charge in [0.05, 0.1) is 29.4 Å². The standard InChI is InChI=1S/C7H5NO4.C5H5NO.H2O.2O.V/c9-6(10)4-2-1-3-5(8-4)7(11)12;7-5-3-1-2-4-6-5;;;;/h1-3H,(H,9,10)(H,11,12);1-4H,(H,6,7);1H2;;;/q;;;2*-2;/p-1. The second kappa shape index (κ2) is 14.4. The van der Waals surface area contributed by atoms with Gasteiger partial charge in [-0.3, -0.25) is 0 Å². The van der Waals surface area contributed by atoms with Crippen molar-refractivity contribution < 1.29 is 64.9 Å². The van der Waals surface area contributed by atoms with E-state index in [4.69, 9.17) is 5.11 Å². The normalized spacial score (nSPS) is 7.48. The molecule has 11 heteroatoms. The van der Waals surface area contributed by atoms with Gasteiger partial charge in [-0.15, -0.1) is 0 Å². The van der Waals surface area contributed by atoms with E-state index in [2.05, 4.69) is 9.97 Å². The number of carbonyl (C=O) groups is 2. The van der Waals surface area contributed by atoms with Gasteiger partial charge in [-0.25, -0.2) is 4.98 Å². The molecule has 23 heavy (non-hydrogen) atoms. The third-order valence-corrected chi connectivity index (χ3v) is 1.86. The van der Waals surface area contributed by atoms with Gasteiger partial charge in [0.2, 0.25) is 0 Å². The van der Waals surface area contributed by atoms with Crippen molar-refractivity contribution in [3.05, 3.63) is 54.0 Å². The number of aromatic hydroxyl groups is 1. The van der Waals surface area contributed by atoms with Crippen molar-refractivity contribution in [1.82, 2.24) is 4.98 Å². The van der Waals surface area contributed by atoms with Gasteiger partial charge in [-0.2, -0.15) is 4.98 Å². The molecule has 0 aromatic carbocycles. The van der Waals surface area contributed by atoms with Gasteiger partial charge in [0.1, 0.15) is 0 Å². The summed E-state index contributed by atoms with van der Waals surface area (Å²) in [5.74, 6) is -2.83. The quantitative estimate of drug-likeness (QED) is 0.584. The van der Waals surface area contributed by atoms with Crippen LogP contribution >= 0.6 is 0 Å². The van der Waals surface area contributed by atoms with Crippen molar-refractivity contribution in [2.75, 3.05) is 0 Å². The van der Waals surface area contributed by atoms with Crippen LogP contribution in [0.1, 0.15) is 21.0 Å². The second-order valence-corrected chi connectivity index (χ2v) is 3.23. The average Bonchev–Trinajstić information content (AvgIpc) is 2.40. The number of nitrogens with one attached hydrogen (secondary N) is 1. The Hall–Kier alpha value is -2.50. The maximum atomic E-state index is 10.2. The number of rotatable bonds is 2. The molecular weight excluding hydrogens is 351 g/mol. The average molecular weight is 362 g/mol. The molecule has 0 aliphatic heterocycles. The van der Waals surface area contributed by atoms with E-state index in [0.717, 1.165) is 12.1 Å². The van der Waals surface area contributed by atoms with Crippen LogP contribution in [0.15, 0.2) is 42.6 Å². The van der Waals surface area contributed by atoms with E-state index in [1.54, 1.807) is 24.4 Å². The van der Waals surface area contributed by atoms with E-state index in [1.165, 1.54) is 6.07 Å². The molecule has 1 radical (unpaired) electrons. The first kappa shape index (κ1) is 28.6. The van der Waals surface area contributed by atoms with Gasteiger partial charge >= 0.3 is 5.88 Å². The van der Waals surface area contributed by atoms with Crippen LogP contribution in [0.3, 0.4) is 0 Å². The summed E-state index contributed by atoms with van der Waals surface area (Å²) in [5.41, 5.74) is -0.839. The van der Waals surface area contributed by atoms with E-state index in [-0.39, 0.29) is 40.9 Å². The molecule has 0 unspecified atom stereocenters. The number of aromatic nitrogens is 2. The van der Waals surface area contributed by atoms with Crippen molar-refractivity contribution in [1.29, 1.82) is 0 Å². The van der Waals surface area contributed by atoms with E-state index in [0.29, 0.717) is 0 Å². The number of carbonyl (C=O) groups excluding carboxylic acids is 2.